The first-order valence-corrected chi connectivity index (χ1v) is 12.3. The number of rotatable bonds is 11. The van der Waals surface area contributed by atoms with Crippen molar-refractivity contribution in [2.24, 2.45) is 10.8 Å². The molecule has 1 aromatic carbocycles. The molecule has 6 nitrogen and oxygen atoms in total. The van der Waals surface area contributed by atoms with Gasteiger partial charge in [0, 0.05) is 19.5 Å². The SMILES string of the molecule is CCOc1ccc(CC(C)(C)COCC2CN(C(=O)CC(C)(C)C)CC(C)O2)cc1OCC. The van der Waals surface area contributed by atoms with E-state index in [1.165, 1.54) is 5.56 Å². The molecule has 1 saturated heterocycles. The number of hydrogen-bond acceptors (Lipinski definition) is 5. The molecule has 0 spiro atoms. The third-order valence-electron chi connectivity index (χ3n) is 5.45. The summed E-state index contributed by atoms with van der Waals surface area (Å²) in [5.41, 5.74) is 1.12. The van der Waals surface area contributed by atoms with Gasteiger partial charge in [0.25, 0.3) is 0 Å². The van der Waals surface area contributed by atoms with Crippen LogP contribution in [0.4, 0.5) is 0 Å². The Morgan fingerprint density at radius 2 is 1.73 bits per heavy atom. The zero-order valence-electron chi connectivity index (χ0n) is 22.0. The van der Waals surface area contributed by atoms with Gasteiger partial charge >= 0.3 is 0 Å². The van der Waals surface area contributed by atoms with Gasteiger partial charge in [-0.15, -0.1) is 0 Å². The van der Waals surface area contributed by atoms with E-state index >= 15 is 0 Å². The van der Waals surface area contributed by atoms with Gasteiger partial charge in [-0.25, -0.2) is 0 Å². The summed E-state index contributed by atoms with van der Waals surface area (Å²) in [6.07, 6.45) is 1.33. The second-order valence-electron chi connectivity index (χ2n) is 11.1. The van der Waals surface area contributed by atoms with Crippen molar-refractivity contribution in [1.29, 1.82) is 0 Å². The quantitative estimate of drug-likeness (QED) is 0.456. The molecule has 1 amide bonds. The van der Waals surface area contributed by atoms with Crippen LogP contribution in [-0.2, 0) is 20.7 Å². The van der Waals surface area contributed by atoms with Crippen molar-refractivity contribution in [3.05, 3.63) is 23.8 Å². The lowest BCUT2D eigenvalue weighted by Crippen LogP contribution is -2.51. The Balaban J connectivity index is 1.89. The van der Waals surface area contributed by atoms with Crippen LogP contribution in [0.25, 0.3) is 0 Å². The van der Waals surface area contributed by atoms with E-state index in [1.807, 2.05) is 31.7 Å². The van der Waals surface area contributed by atoms with Crippen molar-refractivity contribution < 1.29 is 23.7 Å². The minimum absolute atomic E-state index is 0.0163. The number of carbonyl (C=O) groups is 1. The van der Waals surface area contributed by atoms with Crippen LogP contribution >= 0.6 is 0 Å². The van der Waals surface area contributed by atoms with Crippen molar-refractivity contribution in [1.82, 2.24) is 4.90 Å². The highest BCUT2D eigenvalue weighted by molar-refractivity contribution is 5.77. The average Bonchev–Trinajstić information content (AvgIpc) is 2.68. The summed E-state index contributed by atoms with van der Waals surface area (Å²) in [4.78, 5) is 14.6. The predicted octanol–water partition coefficient (Wildman–Crippen LogP) is 5.12. The normalized spacial score (nSPS) is 19.5. The van der Waals surface area contributed by atoms with Gasteiger partial charge in [0.15, 0.2) is 11.5 Å². The molecular formula is C27H45NO5. The summed E-state index contributed by atoms with van der Waals surface area (Å²) < 4.78 is 23.6. The number of nitrogens with zero attached hydrogens (tertiary/aromatic N) is 1. The summed E-state index contributed by atoms with van der Waals surface area (Å²) in [6, 6.07) is 6.15. The number of hydrogen-bond donors (Lipinski definition) is 0. The van der Waals surface area contributed by atoms with Gasteiger partial charge < -0.3 is 23.8 Å². The van der Waals surface area contributed by atoms with Crippen molar-refractivity contribution >= 4 is 5.91 Å². The Bertz CT molecular complexity index is 755. The first-order valence-electron chi connectivity index (χ1n) is 12.3. The van der Waals surface area contributed by atoms with Crippen LogP contribution in [-0.4, -0.2) is 62.5 Å². The van der Waals surface area contributed by atoms with Crippen LogP contribution in [0.15, 0.2) is 18.2 Å². The Kier molecular flexibility index (Phi) is 10.0. The molecule has 1 aliphatic heterocycles. The molecule has 1 fully saturated rings. The van der Waals surface area contributed by atoms with Crippen LogP contribution in [0.3, 0.4) is 0 Å². The highest BCUT2D eigenvalue weighted by Gasteiger charge is 2.31. The topological polar surface area (TPSA) is 57.2 Å². The molecule has 33 heavy (non-hydrogen) atoms. The van der Waals surface area contributed by atoms with Gasteiger partial charge in [-0.05, 0) is 55.7 Å². The molecule has 6 heteroatoms. The van der Waals surface area contributed by atoms with Crippen LogP contribution in [0, 0.1) is 10.8 Å². The minimum Gasteiger partial charge on any atom is -0.490 e. The molecule has 0 N–H and O–H groups in total. The third-order valence-corrected chi connectivity index (χ3v) is 5.45. The molecule has 1 aliphatic rings. The Morgan fingerprint density at radius 1 is 1.06 bits per heavy atom. The lowest BCUT2D eigenvalue weighted by atomic mass is 9.86. The molecule has 2 atom stereocenters. The van der Waals surface area contributed by atoms with E-state index in [-0.39, 0.29) is 28.9 Å². The molecule has 1 aromatic rings. The first-order chi connectivity index (χ1) is 15.4. The van der Waals surface area contributed by atoms with Crippen LogP contribution in [0.5, 0.6) is 11.5 Å². The van der Waals surface area contributed by atoms with Gasteiger partial charge in [-0.1, -0.05) is 40.7 Å². The van der Waals surface area contributed by atoms with Crippen molar-refractivity contribution in [2.45, 2.75) is 80.4 Å². The fourth-order valence-electron chi connectivity index (χ4n) is 4.18. The largest absolute Gasteiger partial charge is 0.490 e. The maximum atomic E-state index is 12.7. The summed E-state index contributed by atoms with van der Waals surface area (Å²) in [5, 5.41) is 0. The summed E-state index contributed by atoms with van der Waals surface area (Å²) >= 11 is 0. The minimum atomic E-state index is -0.0940. The van der Waals surface area contributed by atoms with E-state index in [2.05, 4.69) is 46.8 Å². The standard InChI is InChI=1S/C27H45NO5/c1-9-31-23-12-11-21(13-24(23)32-10-2)14-27(7,8)19-30-18-22-17-28(16-20(3)33-22)25(29)15-26(4,5)6/h11-13,20,22H,9-10,14-19H2,1-8H3. The summed E-state index contributed by atoms with van der Waals surface area (Å²) in [5.74, 6) is 1.77. The molecule has 0 aromatic heterocycles. The number of ether oxygens (including phenoxy) is 4. The van der Waals surface area contributed by atoms with Crippen LogP contribution < -0.4 is 9.47 Å². The maximum Gasteiger partial charge on any atom is 0.223 e. The number of morpholine rings is 1. The van der Waals surface area contributed by atoms with Crippen molar-refractivity contribution in [3.8, 4) is 11.5 Å². The van der Waals surface area contributed by atoms with E-state index in [0.29, 0.717) is 45.9 Å². The Labute approximate surface area is 200 Å². The van der Waals surface area contributed by atoms with E-state index in [1.54, 1.807) is 0 Å². The zero-order chi connectivity index (χ0) is 24.6. The second-order valence-corrected chi connectivity index (χ2v) is 11.1. The monoisotopic (exact) mass is 463 g/mol. The zero-order valence-corrected chi connectivity index (χ0v) is 22.0. The van der Waals surface area contributed by atoms with Crippen LogP contribution in [0.2, 0.25) is 0 Å². The predicted molar refractivity (Wildman–Crippen MR) is 132 cm³/mol. The first kappa shape index (κ1) is 27.5. The van der Waals surface area contributed by atoms with Gasteiger partial charge in [-0.3, -0.25) is 4.79 Å². The maximum absolute atomic E-state index is 12.7. The highest BCUT2D eigenvalue weighted by Crippen LogP contribution is 2.32. The van der Waals surface area contributed by atoms with Gasteiger partial charge in [-0.2, -0.15) is 0 Å². The van der Waals surface area contributed by atoms with E-state index in [9.17, 15) is 4.79 Å². The number of carbonyl (C=O) groups excluding carboxylic acids is 1. The average molecular weight is 464 g/mol. The molecule has 2 rings (SSSR count). The van der Waals surface area contributed by atoms with Crippen LogP contribution in [0.1, 0.15) is 67.4 Å². The summed E-state index contributed by atoms with van der Waals surface area (Å²) in [7, 11) is 0. The van der Waals surface area contributed by atoms with E-state index in [4.69, 9.17) is 18.9 Å². The van der Waals surface area contributed by atoms with Crippen molar-refractivity contribution in [3.63, 3.8) is 0 Å². The fraction of sp³-hybridized carbons (Fsp3) is 0.741. The molecule has 0 saturated carbocycles. The molecule has 0 aliphatic carbocycles. The lowest BCUT2D eigenvalue weighted by molar-refractivity contribution is -0.151. The van der Waals surface area contributed by atoms with Gasteiger partial charge in [0.2, 0.25) is 5.91 Å². The van der Waals surface area contributed by atoms with E-state index in [0.717, 1.165) is 17.9 Å². The van der Waals surface area contributed by atoms with E-state index < -0.39 is 0 Å². The fourth-order valence-corrected chi connectivity index (χ4v) is 4.18. The molecule has 1 heterocycles. The molecule has 0 radical (unpaired) electrons. The molecule has 0 bridgehead atoms. The number of amides is 1. The Morgan fingerprint density at radius 3 is 2.36 bits per heavy atom. The lowest BCUT2D eigenvalue weighted by Gasteiger charge is -2.38. The number of benzene rings is 1. The van der Waals surface area contributed by atoms with Crippen molar-refractivity contribution in [2.75, 3.05) is 39.5 Å². The Hall–Kier alpha value is -1.79. The summed E-state index contributed by atoms with van der Waals surface area (Å²) in [6.45, 7) is 20.2. The third kappa shape index (κ3) is 9.54. The molecular weight excluding hydrogens is 418 g/mol. The highest BCUT2D eigenvalue weighted by atomic mass is 16.5. The molecule has 188 valence electrons. The van der Waals surface area contributed by atoms with Gasteiger partial charge in [0.05, 0.1) is 38.6 Å². The smallest absolute Gasteiger partial charge is 0.223 e. The van der Waals surface area contributed by atoms with Gasteiger partial charge in [0.1, 0.15) is 0 Å². The second kappa shape index (κ2) is 12.1. The molecule has 2 unspecified atom stereocenters.